The van der Waals surface area contributed by atoms with Crippen LogP contribution in [0, 0.1) is 11.7 Å². The van der Waals surface area contributed by atoms with Crippen molar-refractivity contribution in [1.29, 1.82) is 0 Å². The normalized spacial score (nSPS) is 19.1. The number of nitrogens with zero attached hydrogens (tertiary/aromatic N) is 3. The van der Waals surface area contributed by atoms with Crippen LogP contribution in [0.2, 0.25) is 5.02 Å². The molecule has 1 aliphatic rings. The zero-order valence-corrected chi connectivity index (χ0v) is 19.7. The Hall–Kier alpha value is -2.48. The van der Waals surface area contributed by atoms with E-state index in [1.165, 1.54) is 12.1 Å². The smallest absolute Gasteiger partial charge is 0.275 e. The van der Waals surface area contributed by atoms with Gasteiger partial charge < -0.3 is 4.98 Å². The fraction of sp³-hybridized carbons (Fsp3) is 0.250. The number of benzene rings is 2. The molecule has 1 N–H and O–H groups in total. The molecule has 0 aliphatic carbocycles. The summed E-state index contributed by atoms with van der Waals surface area (Å²) >= 11 is 9.48. The molecule has 2 unspecified atom stereocenters. The van der Waals surface area contributed by atoms with E-state index >= 15 is 0 Å². The van der Waals surface area contributed by atoms with Crippen molar-refractivity contribution in [3.05, 3.63) is 91.8 Å². The second kappa shape index (κ2) is 8.46. The standard InChI is InChI=1S/C24H21BrClFN4O/c1-14-10-30(11-15-2-8-18(27)9-3-15)12-19(14)20-13-31-21(24(32)28-20)22(25)29-23(31)16-4-6-17(26)7-5-16/h2-9,13-14,19H,10-12H2,1H3,(H,28,32). The van der Waals surface area contributed by atoms with Crippen LogP contribution >= 0.6 is 27.5 Å². The van der Waals surface area contributed by atoms with E-state index < -0.39 is 0 Å². The number of hydrogen-bond donors (Lipinski definition) is 1. The minimum absolute atomic E-state index is 0.173. The molecule has 5 rings (SSSR count). The third kappa shape index (κ3) is 4.00. The molecule has 0 radical (unpaired) electrons. The number of nitrogens with one attached hydrogen (secondary N) is 1. The summed E-state index contributed by atoms with van der Waals surface area (Å²) in [4.78, 5) is 23.0. The van der Waals surface area contributed by atoms with Gasteiger partial charge in [0, 0.05) is 48.0 Å². The Labute approximate surface area is 198 Å². The van der Waals surface area contributed by atoms with E-state index in [0.29, 0.717) is 26.9 Å². The van der Waals surface area contributed by atoms with Gasteiger partial charge in [-0.05, 0) is 63.8 Å². The van der Waals surface area contributed by atoms with Gasteiger partial charge in [0.2, 0.25) is 0 Å². The van der Waals surface area contributed by atoms with Gasteiger partial charge in [-0.15, -0.1) is 0 Å². The fourth-order valence-corrected chi connectivity index (χ4v) is 5.20. The molecule has 0 amide bonds. The van der Waals surface area contributed by atoms with Gasteiger partial charge in [0.1, 0.15) is 21.8 Å². The van der Waals surface area contributed by atoms with Crippen molar-refractivity contribution in [3.8, 4) is 11.4 Å². The predicted molar refractivity (Wildman–Crippen MR) is 128 cm³/mol. The Kier molecular flexibility index (Phi) is 5.65. The molecule has 0 spiro atoms. The summed E-state index contributed by atoms with van der Waals surface area (Å²) in [7, 11) is 0. The predicted octanol–water partition coefficient (Wildman–Crippen LogP) is 5.48. The minimum Gasteiger partial charge on any atom is -0.323 e. The molecule has 1 fully saturated rings. The largest absolute Gasteiger partial charge is 0.323 e. The van der Waals surface area contributed by atoms with Gasteiger partial charge >= 0.3 is 0 Å². The average molecular weight is 516 g/mol. The highest BCUT2D eigenvalue weighted by Crippen LogP contribution is 2.33. The molecular weight excluding hydrogens is 495 g/mol. The van der Waals surface area contributed by atoms with Gasteiger partial charge in [0.25, 0.3) is 5.56 Å². The molecule has 8 heteroatoms. The van der Waals surface area contributed by atoms with Gasteiger partial charge in [-0.25, -0.2) is 9.37 Å². The number of hydrogen-bond acceptors (Lipinski definition) is 3. The molecule has 3 heterocycles. The molecule has 1 saturated heterocycles. The third-order valence-corrected chi connectivity index (χ3v) is 6.92. The van der Waals surface area contributed by atoms with E-state index in [0.717, 1.165) is 36.5 Å². The van der Waals surface area contributed by atoms with Gasteiger partial charge in [0.05, 0.1) is 0 Å². The van der Waals surface area contributed by atoms with Crippen LogP contribution in [0.25, 0.3) is 16.9 Å². The summed E-state index contributed by atoms with van der Waals surface area (Å²) in [6, 6.07) is 14.0. The lowest BCUT2D eigenvalue weighted by atomic mass is 9.95. The van der Waals surface area contributed by atoms with Gasteiger partial charge in [-0.1, -0.05) is 30.7 Å². The van der Waals surface area contributed by atoms with Crippen molar-refractivity contribution < 1.29 is 4.39 Å². The molecular formula is C24H21BrClFN4O. The van der Waals surface area contributed by atoms with Crippen LogP contribution in [0.3, 0.4) is 0 Å². The Morgan fingerprint density at radius 3 is 2.59 bits per heavy atom. The Bertz CT molecular complexity index is 1330. The number of likely N-dealkylation sites (tertiary alicyclic amines) is 1. The maximum atomic E-state index is 13.2. The highest BCUT2D eigenvalue weighted by molar-refractivity contribution is 9.10. The quantitative estimate of drug-likeness (QED) is 0.392. The summed E-state index contributed by atoms with van der Waals surface area (Å²) < 4.78 is 15.6. The number of aromatic nitrogens is 3. The highest BCUT2D eigenvalue weighted by atomic mass is 79.9. The highest BCUT2D eigenvalue weighted by Gasteiger charge is 2.32. The summed E-state index contributed by atoms with van der Waals surface area (Å²) in [6.45, 7) is 4.66. The summed E-state index contributed by atoms with van der Waals surface area (Å²) in [5, 5.41) is 0.647. The zero-order valence-electron chi connectivity index (χ0n) is 17.4. The molecule has 1 aliphatic heterocycles. The van der Waals surface area contributed by atoms with Crippen LogP contribution in [0.15, 0.2) is 64.1 Å². The van der Waals surface area contributed by atoms with E-state index in [1.54, 1.807) is 0 Å². The monoisotopic (exact) mass is 514 g/mol. The second-order valence-corrected chi connectivity index (χ2v) is 9.58. The van der Waals surface area contributed by atoms with Crippen molar-refractivity contribution >= 4 is 33.0 Å². The summed E-state index contributed by atoms with van der Waals surface area (Å²) in [5.74, 6) is 0.987. The van der Waals surface area contributed by atoms with Crippen molar-refractivity contribution in [2.45, 2.75) is 19.4 Å². The molecule has 2 aromatic heterocycles. The van der Waals surface area contributed by atoms with Crippen molar-refractivity contribution in [1.82, 2.24) is 19.3 Å². The Balaban J connectivity index is 1.48. The topological polar surface area (TPSA) is 53.4 Å². The lowest BCUT2D eigenvalue weighted by Gasteiger charge is -2.16. The molecule has 0 saturated carbocycles. The number of H-pyrrole nitrogens is 1. The Morgan fingerprint density at radius 1 is 1.16 bits per heavy atom. The summed E-state index contributed by atoms with van der Waals surface area (Å²) in [5.41, 5.74) is 3.14. The van der Waals surface area contributed by atoms with E-state index in [1.807, 2.05) is 47.0 Å². The van der Waals surface area contributed by atoms with E-state index in [-0.39, 0.29) is 17.3 Å². The number of halogens is 3. The van der Waals surface area contributed by atoms with Crippen molar-refractivity contribution in [3.63, 3.8) is 0 Å². The maximum absolute atomic E-state index is 13.2. The van der Waals surface area contributed by atoms with Gasteiger partial charge in [-0.2, -0.15) is 0 Å². The molecule has 2 atom stereocenters. The average Bonchev–Trinajstić information content (AvgIpc) is 3.30. The number of aromatic amines is 1. The lowest BCUT2D eigenvalue weighted by molar-refractivity contribution is 0.318. The Morgan fingerprint density at radius 2 is 1.88 bits per heavy atom. The number of imidazole rings is 1. The van der Waals surface area contributed by atoms with Crippen LogP contribution in [0.4, 0.5) is 4.39 Å². The van der Waals surface area contributed by atoms with E-state index in [4.69, 9.17) is 11.6 Å². The first-order valence-electron chi connectivity index (χ1n) is 10.4. The molecule has 0 bridgehead atoms. The minimum atomic E-state index is -0.227. The van der Waals surface area contributed by atoms with Crippen LogP contribution in [-0.2, 0) is 6.54 Å². The second-order valence-electron chi connectivity index (χ2n) is 8.39. The molecule has 5 nitrogen and oxygen atoms in total. The van der Waals surface area contributed by atoms with E-state index in [2.05, 4.69) is 37.7 Å². The maximum Gasteiger partial charge on any atom is 0.275 e. The van der Waals surface area contributed by atoms with Crippen molar-refractivity contribution in [2.24, 2.45) is 5.92 Å². The molecule has 32 heavy (non-hydrogen) atoms. The third-order valence-electron chi connectivity index (χ3n) is 6.12. The molecule has 2 aromatic carbocycles. The van der Waals surface area contributed by atoms with Gasteiger partial charge in [-0.3, -0.25) is 14.1 Å². The fourth-order valence-electron chi connectivity index (χ4n) is 4.54. The molecule has 4 aromatic rings. The van der Waals surface area contributed by atoms with Crippen molar-refractivity contribution in [2.75, 3.05) is 13.1 Å². The summed E-state index contributed by atoms with van der Waals surface area (Å²) in [6.07, 6.45) is 1.99. The molecule has 164 valence electrons. The van der Waals surface area contributed by atoms with Crippen LogP contribution in [0.1, 0.15) is 24.1 Å². The first-order valence-corrected chi connectivity index (χ1v) is 11.6. The van der Waals surface area contributed by atoms with Crippen LogP contribution < -0.4 is 5.56 Å². The van der Waals surface area contributed by atoms with E-state index in [9.17, 15) is 9.18 Å². The zero-order chi connectivity index (χ0) is 22.4. The van der Waals surface area contributed by atoms with Crippen LogP contribution in [-0.4, -0.2) is 32.4 Å². The van der Waals surface area contributed by atoms with Gasteiger partial charge in [0.15, 0.2) is 0 Å². The lowest BCUT2D eigenvalue weighted by Crippen LogP contribution is -2.21. The first kappa shape index (κ1) is 21.4. The number of fused-ring (bicyclic) bond motifs is 1. The SMILES string of the molecule is CC1CN(Cc2ccc(F)cc2)CC1c1cn2c(-c3ccc(Cl)cc3)nc(Br)c2c(=O)[nH]1. The first-order chi connectivity index (χ1) is 15.4. The van der Waals surface area contributed by atoms with Crippen LogP contribution in [0.5, 0.6) is 0 Å². The number of rotatable bonds is 4.